The van der Waals surface area contributed by atoms with E-state index >= 15 is 0 Å². The highest BCUT2D eigenvalue weighted by Crippen LogP contribution is 2.32. The van der Waals surface area contributed by atoms with E-state index in [1.807, 2.05) is 0 Å². The van der Waals surface area contributed by atoms with Gasteiger partial charge in [-0.15, -0.1) is 0 Å². The van der Waals surface area contributed by atoms with Crippen molar-refractivity contribution in [2.24, 2.45) is 5.92 Å². The number of halogens is 2. The molecule has 0 amide bonds. The number of rotatable bonds is 2. The van der Waals surface area contributed by atoms with Crippen LogP contribution >= 0.6 is 23.2 Å². The van der Waals surface area contributed by atoms with Gasteiger partial charge in [0.1, 0.15) is 5.02 Å². The molecule has 1 heterocycles. The Morgan fingerprint density at radius 3 is 2.79 bits per heavy atom. The van der Waals surface area contributed by atoms with Crippen molar-refractivity contribution in [2.45, 2.75) is 12.8 Å². The van der Waals surface area contributed by atoms with Crippen LogP contribution in [0.5, 0.6) is 5.88 Å². The standard InChI is InChI=1S/C9H7Cl2NO2/c10-6-3-7(11)8(12-4-6)14-9(13)5-1-2-5/h3-5H,1-2H2. The molecule has 0 atom stereocenters. The Bertz CT molecular complexity index is 377. The van der Waals surface area contributed by atoms with E-state index in [0.717, 1.165) is 12.8 Å². The predicted octanol–water partition coefficient (Wildman–Crippen LogP) is 2.70. The van der Waals surface area contributed by atoms with Gasteiger partial charge in [-0.3, -0.25) is 4.79 Å². The molecule has 0 spiro atoms. The minimum absolute atomic E-state index is 0.0311. The third-order valence-electron chi connectivity index (χ3n) is 1.88. The zero-order valence-electron chi connectivity index (χ0n) is 7.17. The van der Waals surface area contributed by atoms with E-state index < -0.39 is 0 Å². The molecule has 5 heteroatoms. The fourth-order valence-corrected chi connectivity index (χ4v) is 1.39. The van der Waals surface area contributed by atoms with Gasteiger partial charge in [-0.2, -0.15) is 0 Å². The summed E-state index contributed by atoms with van der Waals surface area (Å²) >= 11 is 11.4. The maximum atomic E-state index is 11.3. The summed E-state index contributed by atoms with van der Waals surface area (Å²) in [5.41, 5.74) is 0. The van der Waals surface area contributed by atoms with Gasteiger partial charge in [-0.25, -0.2) is 4.98 Å². The highest BCUT2D eigenvalue weighted by atomic mass is 35.5. The van der Waals surface area contributed by atoms with Crippen molar-refractivity contribution in [3.63, 3.8) is 0 Å². The molecule has 1 aromatic heterocycles. The molecule has 0 radical (unpaired) electrons. The summed E-state index contributed by atoms with van der Waals surface area (Å²) in [5, 5.41) is 0.674. The Labute approximate surface area is 91.0 Å². The van der Waals surface area contributed by atoms with E-state index in [-0.39, 0.29) is 22.8 Å². The average molecular weight is 232 g/mol. The van der Waals surface area contributed by atoms with E-state index in [0.29, 0.717) is 5.02 Å². The minimum atomic E-state index is -0.262. The molecular formula is C9H7Cl2NO2. The first-order chi connectivity index (χ1) is 6.66. The van der Waals surface area contributed by atoms with E-state index in [1.54, 1.807) is 0 Å². The largest absolute Gasteiger partial charge is 0.406 e. The molecule has 0 N–H and O–H groups in total. The van der Waals surface area contributed by atoms with Gasteiger partial charge < -0.3 is 4.74 Å². The van der Waals surface area contributed by atoms with Crippen LogP contribution in [0.2, 0.25) is 10.0 Å². The topological polar surface area (TPSA) is 39.2 Å². The minimum Gasteiger partial charge on any atom is -0.406 e. The first kappa shape index (κ1) is 9.74. The molecule has 0 saturated heterocycles. The van der Waals surface area contributed by atoms with Gasteiger partial charge in [0.2, 0.25) is 5.88 Å². The predicted molar refractivity (Wildman–Crippen MR) is 52.6 cm³/mol. The summed E-state index contributed by atoms with van der Waals surface area (Å²) in [6, 6.07) is 1.49. The molecule has 2 rings (SSSR count). The lowest BCUT2D eigenvalue weighted by molar-refractivity contribution is -0.136. The molecule has 3 nitrogen and oxygen atoms in total. The smallest absolute Gasteiger partial charge is 0.315 e. The first-order valence-electron chi connectivity index (χ1n) is 4.19. The van der Waals surface area contributed by atoms with Crippen molar-refractivity contribution in [3.05, 3.63) is 22.3 Å². The second kappa shape index (κ2) is 3.75. The lowest BCUT2D eigenvalue weighted by atomic mass is 10.4. The maximum absolute atomic E-state index is 11.3. The number of ether oxygens (including phenoxy) is 1. The van der Waals surface area contributed by atoms with Crippen LogP contribution in [0.4, 0.5) is 0 Å². The average Bonchev–Trinajstić information content (AvgIpc) is 2.92. The highest BCUT2D eigenvalue weighted by molar-refractivity contribution is 6.35. The normalized spacial score (nSPS) is 15.3. The fraction of sp³-hybridized carbons (Fsp3) is 0.333. The highest BCUT2D eigenvalue weighted by Gasteiger charge is 2.32. The number of hydrogen-bond donors (Lipinski definition) is 0. The van der Waals surface area contributed by atoms with Crippen LogP contribution in [0, 0.1) is 5.92 Å². The van der Waals surface area contributed by atoms with Gasteiger partial charge in [0, 0.05) is 6.20 Å². The number of hydrogen-bond acceptors (Lipinski definition) is 3. The first-order valence-corrected chi connectivity index (χ1v) is 4.95. The Hall–Kier alpha value is -0.800. The van der Waals surface area contributed by atoms with Crippen LogP contribution in [0.15, 0.2) is 12.3 Å². The Kier molecular flexibility index (Phi) is 2.61. The summed E-state index contributed by atoms with van der Waals surface area (Å²) in [6.45, 7) is 0. The van der Waals surface area contributed by atoms with E-state index in [9.17, 15) is 4.79 Å². The van der Waals surface area contributed by atoms with Gasteiger partial charge in [0.15, 0.2) is 0 Å². The molecule has 1 aromatic rings. The van der Waals surface area contributed by atoms with Crippen molar-refractivity contribution in [2.75, 3.05) is 0 Å². The molecule has 1 fully saturated rings. The lowest BCUT2D eigenvalue weighted by Crippen LogP contribution is -2.10. The zero-order valence-corrected chi connectivity index (χ0v) is 8.68. The summed E-state index contributed by atoms with van der Waals surface area (Å²) in [6.07, 6.45) is 3.18. The van der Waals surface area contributed by atoms with Crippen molar-refractivity contribution >= 4 is 29.2 Å². The van der Waals surface area contributed by atoms with Gasteiger partial charge >= 0.3 is 5.97 Å². The Balaban J connectivity index is 2.11. The van der Waals surface area contributed by atoms with Crippen LogP contribution in [-0.2, 0) is 4.79 Å². The molecule has 0 aliphatic heterocycles. The molecule has 1 aliphatic carbocycles. The molecule has 14 heavy (non-hydrogen) atoms. The van der Waals surface area contributed by atoms with E-state index in [1.165, 1.54) is 12.3 Å². The fourth-order valence-electron chi connectivity index (χ4n) is 0.975. The van der Waals surface area contributed by atoms with Crippen LogP contribution in [0.1, 0.15) is 12.8 Å². The molecule has 1 aliphatic rings. The van der Waals surface area contributed by atoms with Gasteiger partial charge in [0.25, 0.3) is 0 Å². The van der Waals surface area contributed by atoms with Crippen LogP contribution in [-0.4, -0.2) is 11.0 Å². The van der Waals surface area contributed by atoms with E-state index in [2.05, 4.69) is 4.98 Å². The molecule has 0 aromatic carbocycles. The molecular weight excluding hydrogens is 225 g/mol. The maximum Gasteiger partial charge on any atom is 0.315 e. The molecule has 0 unspecified atom stereocenters. The number of carbonyl (C=O) groups excluding carboxylic acids is 1. The quantitative estimate of drug-likeness (QED) is 0.736. The van der Waals surface area contributed by atoms with Crippen LogP contribution < -0.4 is 4.74 Å². The third kappa shape index (κ3) is 2.16. The van der Waals surface area contributed by atoms with E-state index in [4.69, 9.17) is 27.9 Å². The van der Waals surface area contributed by atoms with Crippen molar-refractivity contribution in [1.29, 1.82) is 0 Å². The van der Waals surface area contributed by atoms with Crippen LogP contribution in [0.3, 0.4) is 0 Å². The van der Waals surface area contributed by atoms with Crippen molar-refractivity contribution in [1.82, 2.24) is 4.98 Å². The molecule has 74 valence electrons. The second-order valence-corrected chi connectivity index (χ2v) is 3.98. The lowest BCUT2D eigenvalue weighted by Gasteiger charge is -2.03. The number of esters is 1. The Morgan fingerprint density at radius 1 is 1.50 bits per heavy atom. The van der Waals surface area contributed by atoms with Gasteiger partial charge in [-0.1, -0.05) is 23.2 Å². The van der Waals surface area contributed by atoms with Gasteiger partial charge in [0.05, 0.1) is 10.9 Å². The summed E-state index contributed by atoms with van der Waals surface area (Å²) in [4.78, 5) is 15.1. The van der Waals surface area contributed by atoms with Crippen LogP contribution in [0.25, 0.3) is 0 Å². The number of pyridine rings is 1. The monoisotopic (exact) mass is 231 g/mol. The number of nitrogens with zero attached hydrogens (tertiary/aromatic N) is 1. The van der Waals surface area contributed by atoms with Crippen molar-refractivity contribution in [3.8, 4) is 5.88 Å². The number of carbonyl (C=O) groups is 1. The summed E-state index contributed by atoms with van der Waals surface area (Å²) in [5.74, 6) is -0.0989. The Morgan fingerprint density at radius 2 is 2.21 bits per heavy atom. The molecule has 0 bridgehead atoms. The summed E-state index contributed by atoms with van der Waals surface area (Å²) in [7, 11) is 0. The summed E-state index contributed by atoms with van der Waals surface area (Å²) < 4.78 is 4.98. The second-order valence-electron chi connectivity index (χ2n) is 3.14. The van der Waals surface area contributed by atoms with Gasteiger partial charge in [-0.05, 0) is 18.9 Å². The molecule has 1 saturated carbocycles. The SMILES string of the molecule is O=C(Oc1ncc(Cl)cc1Cl)C1CC1. The van der Waals surface area contributed by atoms with Crippen molar-refractivity contribution < 1.29 is 9.53 Å². The number of aromatic nitrogens is 1. The third-order valence-corrected chi connectivity index (χ3v) is 2.36. The zero-order chi connectivity index (χ0) is 10.1.